The van der Waals surface area contributed by atoms with Crippen molar-refractivity contribution in [3.8, 4) is 0 Å². The van der Waals surface area contributed by atoms with Crippen LogP contribution < -0.4 is 5.32 Å². The second-order valence-electron chi connectivity index (χ2n) is 1.91. The van der Waals surface area contributed by atoms with E-state index < -0.39 is 0 Å². The third kappa shape index (κ3) is 17.7. The molecule has 4 heteroatoms. The smallest absolute Gasteiger partial charge is 0.154 e. The van der Waals surface area contributed by atoms with Gasteiger partial charge in [-0.15, -0.1) is 0 Å². The highest BCUT2D eigenvalue weighted by atomic mass is 16.7. The van der Waals surface area contributed by atoms with Gasteiger partial charge < -0.3 is 14.8 Å². The summed E-state index contributed by atoms with van der Waals surface area (Å²) in [5, 5.41) is 9.24. The van der Waals surface area contributed by atoms with Gasteiger partial charge in [0, 0.05) is 21.3 Å². The van der Waals surface area contributed by atoms with Crippen LogP contribution in [0.3, 0.4) is 0 Å². The molecule has 0 aromatic carbocycles. The largest absolute Gasteiger partial charge is 0.377 e. The number of methoxy groups -OCH3 is 2. The van der Waals surface area contributed by atoms with Gasteiger partial charge in [0.2, 0.25) is 0 Å². The summed E-state index contributed by atoms with van der Waals surface area (Å²) in [7, 11) is 4.94. The molecule has 0 saturated carbocycles. The predicted molar refractivity (Wildman–Crippen MR) is 45.9 cm³/mol. The first kappa shape index (κ1) is 13.0. The summed E-state index contributed by atoms with van der Waals surface area (Å²) in [6.45, 7) is 3.53. The Kier molecular flexibility index (Phi) is 11.1. The van der Waals surface area contributed by atoms with Crippen molar-refractivity contribution in [3.63, 3.8) is 0 Å². The molecule has 0 spiro atoms. The maximum absolute atomic E-state index is 6.63. The van der Waals surface area contributed by atoms with Crippen LogP contribution in [0.15, 0.2) is 0 Å². The van der Waals surface area contributed by atoms with Crippen LogP contribution in [0.2, 0.25) is 0 Å². The quantitative estimate of drug-likeness (QED) is 0.359. The van der Waals surface area contributed by atoms with Crippen molar-refractivity contribution >= 4 is 5.84 Å². The molecule has 0 saturated heterocycles. The van der Waals surface area contributed by atoms with E-state index in [4.69, 9.17) is 5.41 Å². The lowest BCUT2D eigenvalue weighted by molar-refractivity contribution is -0.0877. The molecule has 68 valence electrons. The number of nitrogens with one attached hydrogen (secondary N) is 2. The van der Waals surface area contributed by atoms with Gasteiger partial charge in [-0.3, -0.25) is 5.41 Å². The lowest BCUT2D eigenvalue weighted by Gasteiger charge is -2.03. The molecule has 0 aromatic heterocycles. The minimum absolute atomic E-state index is 0.0648. The maximum Gasteiger partial charge on any atom is 0.154 e. The Bertz CT molecular complexity index is 92.4. The van der Waals surface area contributed by atoms with E-state index in [9.17, 15) is 0 Å². The molecular formula is C7H18N2O2. The van der Waals surface area contributed by atoms with Crippen LogP contribution in [-0.2, 0) is 9.47 Å². The van der Waals surface area contributed by atoms with Crippen LogP contribution in [0.4, 0.5) is 0 Å². The Labute approximate surface area is 68.4 Å². The Morgan fingerprint density at radius 3 is 1.64 bits per heavy atom. The molecule has 0 amide bonds. The molecule has 0 aliphatic rings. The van der Waals surface area contributed by atoms with Crippen LogP contribution in [0.5, 0.6) is 0 Å². The van der Waals surface area contributed by atoms with Crippen molar-refractivity contribution in [1.82, 2.24) is 5.32 Å². The van der Waals surface area contributed by atoms with Crippen LogP contribution in [-0.4, -0.2) is 33.4 Å². The van der Waals surface area contributed by atoms with Gasteiger partial charge in [-0.05, 0) is 13.8 Å². The number of rotatable bonds is 2. The van der Waals surface area contributed by atoms with E-state index in [1.807, 2.05) is 6.92 Å². The van der Waals surface area contributed by atoms with Crippen LogP contribution >= 0.6 is 0 Å². The van der Waals surface area contributed by atoms with Gasteiger partial charge >= 0.3 is 0 Å². The Balaban J connectivity index is 0. The number of hydrogen-bond acceptors (Lipinski definition) is 3. The van der Waals surface area contributed by atoms with Crippen LogP contribution in [0.1, 0.15) is 13.8 Å². The highest BCUT2D eigenvalue weighted by Crippen LogP contribution is 1.82. The van der Waals surface area contributed by atoms with Crippen molar-refractivity contribution in [2.24, 2.45) is 0 Å². The van der Waals surface area contributed by atoms with E-state index in [0.717, 1.165) is 0 Å². The van der Waals surface area contributed by atoms with Gasteiger partial charge in [-0.2, -0.15) is 0 Å². The zero-order valence-corrected chi connectivity index (χ0v) is 7.89. The van der Waals surface area contributed by atoms with Gasteiger partial charge in [0.1, 0.15) is 0 Å². The van der Waals surface area contributed by atoms with E-state index in [1.165, 1.54) is 0 Å². The molecule has 0 heterocycles. The Morgan fingerprint density at radius 1 is 1.36 bits per heavy atom. The van der Waals surface area contributed by atoms with Crippen molar-refractivity contribution in [2.75, 3.05) is 21.3 Å². The van der Waals surface area contributed by atoms with E-state index in [-0.39, 0.29) is 6.29 Å². The predicted octanol–water partition coefficient (Wildman–Crippen LogP) is 0.828. The summed E-state index contributed by atoms with van der Waals surface area (Å²) in [6.07, 6.45) is -0.0648. The van der Waals surface area contributed by atoms with Gasteiger partial charge in [0.15, 0.2) is 6.29 Å². The van der Waals surface area contributed by atoms with Crippen molar-refractivity contribution in [2.45, 2.75) is 20.1 Å². The summed E-state index contributed by atoms with van der Waals surface area (Å²) in [5.41, 5.74) is 0. The first-order chi connectivity index (χ1) is 5.08. The molecule has 2 N–H and O–H groups in total. The highest BCUT2D eigenvalue weighted by molar-refractivity contribution is 5.75. The fourth-order valence-electron chi connectivity index (χ4n) is 0.0962. The minimum Gasteiger partial charge on any atom is -0.377 e. The molecule has 0 radical (unpaired) electrons. The number of amidine groups is 1. The van der Waals surface area contributed by atoms with Gasteiger partial charge in [0.25, 0.3) is 0 Å². The lowest BCUT2D eigenvalue weighted by Crippen LogP contribution is -2.10. The molecule has 0 aromatic rings. The molecular weight excluding hydrogens is 144 g/mol. The molecule has 0 rings (SSSR count). The zero-order valence-electron chi connectivity index (χ0n) is 7.89. The third-order valence-electron chi connectivity index (χ3n) is 1.04. The standard InChI is InChI=1S/C4H10O2.C3H8N2/c1-4(5-2)6-3;1-3(4)5-2/h4H,1-3H3;1-2H3,(H2,4,5). The van der Waals surface area contributed by atoms with E-state index in [2.05, 4.69) is 14.8 Å². The van der Waals surface area contributed by atoms with Gasteiger partial charge in [0.05, 0.1) is 5.84 Å². The Morgan fingerprint density at radius 2 is 1.64 bits per heavy atom. The maximum atomic E-state index is 6.63. The van der Waals surface area contributed by atoms with Crippen molar-refractivity contribution < 1.29 is 9.47 Å². The molecule has 0 unspecified atom stereocenters. The Hall–Kier alpha value is -0.610. The van der Waals surface area contributed by atoms with E-state index in [0.29, 0.717) is 5.84 Å². The SMILES string of the molecule is CNC(C)=N.COC(C)OC. The first-order valence-corrected chi connectivity index (χ1v) is 3.37. The molecule has 4 nitrogen and oxygen atoms in total. The molecule has 0 aliphatic carbocycles. The summed E-state index contributed by atoms with van der Waals surface area (Å²) in [6, 6.07) is 0. The first-order valence-electron chi connectivity index (χ1n) is 3.37. The van der Waals surface area contributed by atoms with E-state index >= 15 is 0 Å². The number of hydrogen-bond donors (Lipinski definition) is 2. The molecule has 0 fully saturated rings. The summed E-state index contributed by atoms with van der Waals surface area (Å²) in [4.78, 5) is 0. The molecule has 11 heavy (non-hydrogen) atoms. The minimum atomic E-state index is -0.0648. The zero-order chi connectivity index (χ0) is 9.28. The van der Waals surface area contributed by atoms with Crippen LogP contribution in [0.25, 0.3) is 0 Å². The molecule has 0 bridgehead atoms. The topological polar surface area (TPSA) is 54.3 Å². The lowest BCUT2D eigenvalue weighted by atomic mass is 10.7. The average molecular weight is 162 g/mol. The third-order valence-corrected chi connectivity index (χ3v) is 1.04. The van der Waals surface area contributed by atoms with Gasteiger partial charge in [-0.1, -0.05) is 0 Å². The van der Waals surface area contributed by atoms with E-state index in [1.54, 1.807) is 28.2 Å². The second kappa shape index (κ2) is 9.39. The van der Waals surface area contributed by atoms with Crippen molar-refractivity contribution in [3.05, 3.63) is 0 Å². The summed E-state index contributed by atoms with van der Waals surface area (Å²) in [5.74, 6) is 0.505. The molecule has 0 aliphatic heterocycles. The summed E-state index contributed by atoms with van der Waals surface area (Å²) < 4.78 is 9.35. The molecule has 0 atom stereocenters. The second-order valence-corrected chi connectivity index (χ2v) is 1.91. The highest BCUT2D eigenvalue weighted by Gasteiger charge is 1.87. The number of ether oxygens (including phenoxy) is 2. The van der Waals surface area contributed by atoms with Gasteiger partial charge in [-0.25, -0.2) is 0 Å². The monoisotopic (exact) mass is 162 g/mol. The normalized spacial score (nSPS) is 8.55. The van der Waals surface area contributed by atoms with Crippen LogP contribution in [0, 0.1) is 5.41 Å². The summed E-state index contributed by atoms with van der Waals surface area (Å²) >= 11 is 0. The van der Waals surface area contributed by atoms with Crippen molar-refractivity contribution in [1.29, 1.82) is 5.41 Å². The average Bonchev–Trinajstić information content (AvgIpc) is 2.04. The fourth-order valence-corrected chi connectivity index (χ4v) is 0.0962. The fraction of sp³-hybridized carbons (Fsp3) is 0.857.